The summed E-state index contributed by atoms with van der Waals surface area (Å²) in [5.41, 5.74) is 1.06. The molecule has 1 atom stereocenters. The Morgan fingerprint density at radius 1 is 1.20 bits per heavy atom. The minimum atomic E-state index is 0.520. The van der Waals surface area contributed by atoms with E-state index in [-0.39, 0.29) is 0 Å². The van der Waals surface area contributed by atoms with E-state index in [0.717, 1.165) is 29.4 Å². The molecule has 0 bridgehead atoms. The lowest BCUT2D eigenvalue weighted by Gasteiger charge is -2.23. The number of rotatable bonds is 5. The molecule has 0 spiro atoms. The summed E-state index contributed by atoms with van der Waals surface area (Å²) in [7, 11) is 1.68. The predicted octanol–water partition coefficient (Wildman–Crippen LogP) is 4.87. The number of imidazole rings is 1. The maximum absolute atomic E-state index is 5.71. The molecule has 1 fully saturated rings. The van der Waals surface area contributed by atoms with Gasteiger partial charge in [-0.25, -0.2) is 0 Å². The zero-order valence-electron chi connectivity index (χ0n) is 14.2. The fourth-order valence-electron chi connectivity index (χ4n) is 3.45. The second-order valence-corrected chi connectivity index (χ2v) is 7.59. The second-order valence-electron chi connectivity index (χ2n) is 6.25. The van der Waals surface area contributed by atoms with E-state index in [4.69, 9.17) is 17.0 Å². The van der Waals surface area contributed by atoms with Gasteiger partial charge in [0, 0.05) is 35.5 Å². The van der Waals surface area contributed by atoms with Crippen LogP contribution in [0.25, 0.3) is 5.69 Å². The van der Waals surface area contributed by atoms with Crippen molar-refractivity contribution in [2.24, 2.45) is 0 Å². The summed E-state index contributed by atoms with van der Waals surface area (Å²) in [6, 6.07) is 12.9. The summed E-state index contributed by atoms with van der Waals surface area (Å²) in [6.45, 7) is 1.96. The van der Waals surface area contributed by atoms with Gasteiger partial charge in [-0.1, -0.05) is 6.07 Å². The number of hydrogen-bond donors (Lipinski definition) is 0. The van der Waals surface area contributed by atoms with Gasteiger partial charge in [0.25, 0.3) is 0 Å². The van der Waals surface area contributed by atoms with Crippen molar-refractivity contribution in [1.82, 2.24) is 14.0 Å². The normalized spacial score (nSPS) is 17.9. The highest BCUT2D eigenvalue weighted by Crippen LogP contribution is 2.34. The summed E-state index contributed by atoms with van der Waals surface area (Å²) in [6.07, 6.45) is 6.60. The molecule has 1 aliphatic rings. The summed E-state index contributed by atoms with van der Waals surface area (Å²) in [5.74, 6) is 0.852. The van der Waals surface area contributed by atoms with Crippen LogP contribution in [-0.4, -0.2) is 27.7 Å². The minimum Gasteiger partial charge on any atom is -0.497 e. The van der Waals surface area contributed by atoms with Crippen molar-refractivity contribution in [2.45, 2.75) is 25.6 Å². The minimum absolute atomic E-state index is 0.520. The van der Waals surface area contributed by atoms with Gasteiger partial charge in [-0.2, -0.15) is 0 Å². The molecule has 6 heteroatoms. The second kappa shape index (κ2) is 7.15. The zero-order chi connectivity index (χ0) is 17.2. The summed E-state index contributed by atoms with van der Waals surface area (Å²) in [4.78, 5) is 3.98. The Morgan fingerprint density at radius 2 is 2.04 bits per heavy atom. The molecule has 130 valence electrons. The largest absolute Gasteiger partial charge is 0.497 e. The Hall–Kier alpha value is -1.89. The quantitative estimate of drug-likeness (QED) is 0.597. The van der Waals surface area contributed by atoms with E-state index < -0.39 is 0 Å². The van der Waals surface area contributed by atoms with Gasteiger partial charge in [0.2, 0.25) is 0 Å². The third-order valence-electron chi connectivity index (χ3n) is 4.77. The van der Waals surface area contributed by atoms with Gasteiger partial charge in [0.05, 0.1) is 13.8 Å². The molecule has 1 aromatic carbocycles. The maximum atomic E-state index is 5.71. The number of likely N-dealkylation sites (tertiary alicyclic amines) is 1. The Morgan fingerprint density at radius 3 is 2.76 bits per heavy atom. The van der Waals surface area contributed by atoms with Crippen LogP contribution in [0.5, 0.6) is 5.75 Å². The van der Waals surface area contributed by atoms with Crippen molar-refractivity contribution in [1.29, 1.82) is 0 Å². The average molecular weight is 372 g/mol. The first-order valence-electron chi connectivity index (χ1n) is 8.46. The fourth-order valence-corrected chi connectivity index (χ4v) is 4.63. The van der Waals surface area contributed by atoms with E-state index in [1.807, 2.05) is 46.4 Å². The average Bonchev–Trinajstić information content (AvgIpc) is 3.38. The van der Waals surface area contributed by atoms with Crippen LogP contribution >= 0.6 is 23.6 Å². The van der Waals surface area contributed by atoms with Gasteiger partial charge in [0.15, 0.2) is 4.77 Å². The summed E-state index contributed by atoms with van der Waals surface area (Å²) in [5, 5.41) is 2.16. The molecule has 3 heterocycles. The highest BCUT2D eigenvalue weighted by Gasteiger charge is 2.26. The lowest BCUT2D eigenvalue weighted by molar-refractivity contribution is 0.203. The number of hydrogen-bond acceptors (Lipinski definition) is 4. The van der Waals surface area contributed by atoms with Gasteiger partial charge in [0.1, 0.15) is 5.75 Å². The number of nitrogens with zero attached hydrogens (tertiary/aromatic N) is 3. The monoisotopic (exact) mass is 371 g/mol. The van der Waals surface area contributed by atoms with E-state index in [1.54, 1.807) is 7.11 Å². The molecule has 0 aliphatic carbocycles. The lowest BCUT2D eigenvalue weighted by Crippen LogP contribution is -2.25. The van der Waals surface area contributed by atoms with Crippen LogP contribution < -0.4 is 4.74 Å². The van der Waals surface area contributed by atoms with Crippen LogP contribution in [0.15, 0.2) is 54.2 Å². The molecule has 1 aliphatic heterocycles. The molecular formula is C19H21N3OS2. The number of benzene rings is 1. The zero-order valence-corrected chi connectivity index (χ0v) is 15.8. The molecular weight excluding hydrogens is 350 g/mol. The third kappa shape index (κ3) is 3.29. The Kier molecular flexibility index (Phi) is 4.74. The van der Waals surface area contributed by atoms with Crippen molar-refractivity contribution in [2.75, 3.05) is 13.7 Å². The molecule has 2 aromatic heterocycles. The molecule has 4 nitrogen and oxygen atoms in total. The SMILES string of the molecule is COc1ccc(-n2ccn(CN3CCC[C@H]3c3cccs3)c2=S)cc1. The standard InChI is InChI=1S/C19H21N3OS2/c1-23-16-8-6-15(7-9-16)22-12-11-21(19(22)24)14-20-10-2-4-17(20)18-5-3-13-25-18/h3,5-9,11-13,17H,2,4,10,14H2,1H3/t17-/m0/s1. The molecule has 0 unspecified atom stereocenters. The molecule has 3 aromatic rings. The molecule has 0 N–H and O–H groups in total. The number of methoxy groups -OCH3 is 1. The first-order chi connectivity index (χ1) is 12.3. The van der Waals surface area contributed by atoms with Gasteiger partial charge in [-0.3, -0.25) is 9.47 Å². The molecule has 0 saturated carbocycles. The highest BCUT2D eigenvalue weighted by molar-refractivity contribution is 7.71. The molecule has 25 heavy (non-hydrogen) atoms. The Labute approximate surface area is 156 Å². The highest BCUT2D eigenvalue weighted by atomic mass is 32.1. The van der Waals surface area contributed by atoms with E-state index in [9.17, 15) is 0 Å². The molecule has 4 rings (SSSR count). The van der Waals surface area contributed by atoms with E-state index in [2.05, 4.69) is 33.2 Å². The Bertz CT molecular complexity index is 880. The fraction of sp³-hybridized carbons (Fsp3) is 0.316. The molecule has 0 radical (unpaired) electrons. The van der Waals surface area contributed by atoms with E-state index >= 15 is 0 Å². The number of thiophene rings is 1. The molecule has 0 amide bonds. The Balaban J connectivity index is 1.55. The topological polar surface area (TPSA) is 22.3 Å². The van der Waals surface area contributed by atoms with Gasteiger partial charge in [-0.05, 0) is 60.8 Å². The first-order valence-corrected chi connectivity index (χ1v) is 9.75. The predicted molar refractivity (Wildman–Crippen MR) is 104 cm³/mol. The maximum Gasteiger partial charge on any atom is 0.185 e. The van der Waals surface area contributed by atoms with Gasteiger partial charge >= 0.3 is 0 Å². The van der Waals surface area contributed by atoms with Gasteiger partial charge in [-0.15, -0.1) is 11.3 Å². The van der Waals surface area contributed by atoms with Crippen molar-refractivity contribution < 1.29 is 4.74 Å². The summed E-state index contributed by atoms with van der Waals surface area (Å²) < 4.78 is 10.3. The van der Waals surface area contributed by atoms with Crippen LogP contribution in [-0.2, 0) is 6.67 Å². The van der Waals surface area contributed by atoms with Crippen LogP contribution in [0.2, 0.25) is 0 Å². The van der Waals surface area contributed by atoms with Crippen LogP contribution in [0.4, 0.5) is 0 Å². The summed E-state index contributed by atoms with van der Waals surface area (Å²) >= 11 is 7.56. The smallest absolute Gasteiger partial charge is 0.185 e. The third-order valence-corrected chi connectivity index (χ3v) is 6.17. The van der Waals surface area contributed by atoms with Crippen molar-refractivity contribution in [3.05, 3.63) is 63.8 Å². The van der Waals surface area contributed by atoms with Crippen molar-refractivity contribution in [3.63, 3.8) is 0 Å². The van der Waals surface area contributed by atoms with E-state index in [0.29, 0.717) is 6.04 Å². The lowest BCUT2D eigenvalue weighted by atomic mass is 10.2. The van der Waals surface area contributed by atoms with E-state index in [1.165, 1.54) is 17.7 Å². The number of aromatic nitrogens is 2. The van der Waals surface area contributed by atoms with Crippen LogP contribution in [0.3, 0.4) is 0 Å². The molecule has 1 saturated heterocycles. The van der Waals surface area contributed by atoms with Crippen molar-refractivity contribution in [3.8, 4) is 11.4 Å². The van der Waals surface area contributed by atoms with Crippen LogP contribution in [0.1, 0.15) is 23.8 Å². The number of ether oxygens (including phenoxy) is 1. The first kappa shape index (κ1) is 16.6. The van der Waals surface area contributed by atoms with Crippen LogP contribution in [0, 0.1) is 4.77 Å². The van der Waals surface area contributed by atoms with Crippen molar-refractivity contribution >= 4 is 23.6 Å². The van der Waals surface area contributed by atoms with Gasteiger partial charge < -0.3 is 9.30 Å².